The summed E-state index contributed by atoms with van der Waals surface area (Å²) in [4.78, 5) is 23.9. The Bertz CT molecular complexity index is 1320. The molecule has 0 radical (unpaired) electrons. The van der Waals surface area contributed by atoms with Gasteiger partial charge in [-0.25, -0.2) is 9.97 Å². The van der Waals surface area contributed by atoms with Crippen LogP contribution in [-0.4, -0.2) is 31.7 Å². The van der Waals surface area contributed by atoms with Crippen LogP contribution in [0.15, 0.2) is 53.7 Å². The molecule has 0 saturated heterocycles. The molecular weight excluding hydrogens is 397 g/mol. The molecule has 2 N–H and O–H groups in total. The van der Waals surface area contributed by atoms with Gasteiger partial charge in [-0.05, 0) is 35.2 Å². The van der Waals surface area contributed by atoms with Crippen molar-refractivity contribution < 1.29 is 13.2 Å². The van der Waals surface area contributed by atoms with E-state index in [1.54, 1.807) is 42.6 Å². The number of aromatic nitrogens is 4. The van der Waals surface area contributed by atoms with E-state index in [1.165, 1.54) is 17.0 Å². The van der Waals surface area contributed by atoms with Crippen LogP contribution in [0.1, 0.15) is 12.0 Å². The lowest BCUT2D eigenvalue weighted by atomic mass is 10.1. The lowest BCUT2D eigenvalue weighted by Gasteiger charge is -2.19. The molecule has 30 heavy (non-hydrogen) atoms. The second-order valence-corrected chi connectivity index (χ2v) is 6.67. The molecule has 4 rings (SSSR count). The number of nitriles is 1. The van der Waals surface area contributed by atoms with E-state index in [0.29, 0.717) is 33.3 Å². The van der Waals surface area contributed by atoms with Crippen LogP contribution in [0.3, 0.4) is 0 Å². The molecule has 0 aliphatic rings. The van der Waals surface area contributed by atoms with Crippen molar-refractivity contribution in [2.24, 2.45) is 0 Å². The quantitative estimate of drug-likeness (QED) is 0.525. The average Bonchev–Trinajstić information content (AvgIpc) is 3.19. The molecular formula is C20H15F3N6O. The Labute approximate surface area is 167 Å². The van der Waals surface area contributed by atoms with Gasteiger partial charge >= 0.3 is 6.18 Å². The van der Waals surface area contributed by atoms with Crippen LogP contribution in [0.4, 0.5) is 13.2 Å². The van der Waals surface area contributed by atoms with E-state index in [2.05, 4.69) is 20.3 Å². The summed E-state index contributed by atoms with van der Waals surface area (Å²) < 4.78 is 40.4. The number of fused-ring (bicyclic) bond motifs is 2. The molecule has 7 nitrogen and oxygen atoms in total. The van der Waals surface area contributed by atoms with E-state index >= 15 is 0 Å². The molecule has 1 atom stereocenters. The highest BCUT2D eigenvalue weighted by atomic mass is 19.4. The minimum Gasteiger partial charge on any atom is -0.346 e. The normalized spacial score (nSPS) is 12.9. The number of pyridine rings is 1. The van der Waals surface area contributed by atoms with Gasteiger partial charge in [0.2, 0.25) is 0 Å². The summed E-state index contributed by atoms with van der Waals surface area (Å²) in [7, 11) is 0. The number of nitrogens with zero attached hydrogens (tertiary/aromatic N) is 4. The van der Waals surface area contributed by atoms with Crippen LogP contribution >= 0.6 is 0 Å². The molecule has 152 valence electrons. The summed E-state index contributed by atoms with van der Waals surface area (Å²) in [6, 6.07) is 9.41. The highest BCUT2D eigenvalue weighted by Gasteiger charge is 2.38. The monoisotopic (exact) mass is 412 g/mol. The fourth-order valence-corrected chi connectivity index (χ4v) is 3.30. The van der Waals surface area contributed by atoms with Gasteiger partial charge in [-0.2, -0.15) is 18.4 Å². The number of nitrogens with one attached hydrogen (secondary N) is 2. The maximum atomic E-state index is 13.0. The smallest absolute Gasteiger partial charge is 0.346 e. The lowest BCUT2D eigenvalue weighted by molar-refractivity contribution is -0.155. The molecule has 4 aromatic rings. The lowest BCUT2D eigenvalue weighted by Crippen LogP contribution is -2.41. The first-order chi connectivity index (χ1) is 14.4. The molecule has 1 aromatic carbocycles. The van der Waals surface area contributed by atoms with Crippen LogP contribution in [-0.2, 0) is 6.54 Å². The van der Waals surface area contributed by atoms with E-state index in [1.807, 2.05) is 0 Å². The molecule has 0 aliphatic heterocycles. The SMILES string of the molecule is N#CCC(NCc1ccc2c(ccc(=O)n2-c2ncnc3[nH]ccc23)c1)C(F)(F)F. The zero-order valence-electron chi connectivity index (χ0n) is 15.4. The number of aromatic amines is 1. The number of rotatable bonds is 5. The Hall–Kier alpha value is -3.71. The van der Waals surface area contributed by atoms with Gasteiger partial charge in [0.1, 0.15) is 18.0 Å². The third-order valence-corrected chi connectivity index (χ3v) is 4.75. The number of H-pyrrole nitrogens is 1. The first-order valence-corrected chi connectivity index (χ1v) is 8.98. The maximum absolute atomic E-state index is 13.0. The summed E-state index contributed by atoms with van der Waals surface area (Å²) in [5.41, 5.74) is 1.45. The van der Waals surface area contributed by atoms with Gasteiger partial charge in [-0.15, -0.1) is 0 Å². The van der Waals surface area contributed by atoms with Gasteiger partial charge in [0.05, 0.1) is 23.4 Å². The first-order valence-electron chi connectivity index (χ1n) is 8.98. The fourth-order valence-electron chi connectivity index (χ4n) is 3.30. The Morgan fingerprint density at radius 2 is 2.03 bits per heavy atom. The minimum atomic E-state index is -4.51. The van der Waals surface area contributed by atoms with Gasteiger partial charge in [0.15, 0.2) is 5.82 Å². The predicted octanol–water partition coefficient (Wildman–Crippen LogP) is 3.20. The second-order valence-electron chi connectivity index (χ2n) is 6.67. The van der Waals surface area contributed by atoms with Gasteiger partial charge < -0.3 is 10.3 Å². The van der Waals surface area contributed by atoms with Crippen molar-refractivity contribution in [3.63, 3.8) is 0 Å². The van der Waals surface area contributed by atoms with Crippen molar-refractivity contribution in [1.82, 2.24) is 24.8 Å². The Kier molecular flexibility index (Phi) is 4.97. The Morgan fingerprint density at radius 3 is 2.80 bits per heavy atom. The fraction of sp³-hybridized carbons (Fsp3) is 0.200. The third-order valence-electron chi connectivity index (χ3n) is 4.75. The molecule has 3 heterocycles. The summed E-state index contributed by atoms with van der Waals surface area (Å²) in [5.74, 6) is 0.411. The first kappa shape index (κ1) is 19.6. The van der Waals surface area contributed by atoms with Crippen molar-refractivity contribution in [2.45, 2.75) is 25.2 Å². The molecule has 10 heteroatoms. The summed E-state index contributed by atoms with van der Waals surface area (Å²) in [5, 5.41) is 12.3. The summed E-state index contributed by atoms with van der Waals surface area (Å²) >= 11 is 0. The van der Waals surface area contributed by atoms with Crippen molar-refractivity contribution in [3.8, 4) is 11.9 Å². The standard InChI is InChI=1S/C20H15F3N6O/c21-20(22,23)16(5-7-24)26-10-12-1-3-15-13(9-12)2-4-17(30)29(15)19-14-6-8-25-18(14)27-11-28-19/h1-4,6,8-9,11,16,26H,5,10H2,(H,25,27,28). The summed E-state index contributed by atoms with van der Waals surface area (Å²) in [6.45, 7) is -0.0729. The van der Waals surface area contributed by atoms with Crippen LogP contribution in [0, 0.1) is 11.3 Å². The molecule has 3 aromatic heterocycles. The van der Waals surface area contributed by atoms with Gasteiger partial charge in [0, 0.05) is 18.8 Å². The van der Waals surface area contributed by atoms with E-state index in [9.17, 15) is 18.0 Å². The molecule has 0 aliphatic carbocycles. The topological polar surface area (TPSA) is 99.4 Å². The number of alkyl halides is 3. The zero-order chi connectivity index (χ0) is 21.3. The minimum absolute atomic E-state index is 0.0729. The molecule has 1 unspecified atom stereocenters. The van der Waals surface area contributed by atoms with Crippen molar-refractivity contribution in [1.29, 1.82) is 5.26 Å². The molecule has 0 saturated carbocycles. The molecule has 0 bridgehead atoms. The Morgan fingerprint density at radius 1 is 1.20 bits per heavy atom. The predicted molar refractivity (Wildman–Crippen MR) is 104 cm³/mol. The van der Waals surface area contributed by atoms with E-state index in [0.717, 1.165) is 0 Å². The average molecular weight is 412 g/mol. The maximum Gasteiger partial charge on any atom is 0.404 e. The van der Waals surface area contributed by atoms with E-state index in [-0.39, 0.29) is 12.1 Å². The largest absolute Gasteiger partial charge is 0.404 e. The van der Waals surface area contributed by atoms with Crippen LogP contribution < -0.4 is 10.9 Å². The molecule has 0 amide bonds. The Balaban J connectivity index is 1.72. The van der Waals surface area contributed by atoms with Gasteiger partial charge in [0.25, 0.3) is 5.56 Å². The molecule has 0 fully saturated rings. The summed E-state index contributed by atoms with van der Waals surface area (Å²) in [6.07, 6.45) is -2.13. The van der Waals surface area contributed by atoms with Crippen LogP contribution in [0.5, 0.6) is 0 Å². The second kappa shape index (κ2) is 7.61. The van der Waals surface area contributed by atoms with E-state index in [4.69, 9.17) is 5.26 Å². The number of benzene rings is 1. The highest BCUT2D eigenvalue weighted by molar-refractivity contribution is 5.87. The van der Waals surface area contributed by atoms with Crippen molar-refractivity contribution in [2.75, 3.05) is 0 Å². The number of hydrogen-bond donors (Lipinski definition) is 2. The van der Waals surface area contributed by atoms with Crippen LogP contribution in [0.25, 0.3) is 27.8 Å². The highest BCUT2D eigenvalue weighted by Crippen LogP contribution is 2.24. The van der Waals surface area contributed by atoms with Crippen molar-refractivity contribution >= 4 is 21.9 Å². The van der Waals surface area contributed by atoms with Crippen molar-refractivity contribution in [3.05, 3.63) is 64.8 Å². The number of hydrogen-bond acceptors (Lipinski definition) is 5. The third kappa shape index (κ3) is 3.62. The zero-order valence-corrected chi connectivity index (χ0v) is 15.4. The van der Waals surface area contributed by atoms with Crippen LogP contribution in [0.2, 0.25) is 0 Å². The van der Waals surface area contributed by atoms with E-state index < -0.39 is 18.6 Å². The number of halogens is 3. The van der Waals surface area contributed by atoms with Gasteiger partial charge in [-0.3, -0.25) is 9.36 Å². The van der Waals surface area contributed by atoms with Gasteiger partial charge in [-0.1, -0.05) is 6.07 Å². The molecule has 0 spiro atoms.